The highest BCUT2D eigenvalue weighted by molar-refractivity contribution is 14.0. The fourth-order valence-corrected chi connectivity index (χ4v) is 2.61. The lowest BCUT2D eigenvalue weighted by Gasteiger charge is -2.22. The molecule has 1 aliphatic carbocycles. The van der Waals surface area contributed by atoms with Crippen LogP contribution in [0.2, 0.25) is 0 Å². The molecule has 0 aliphatic heterocycles. The van der Waals surface area contributed by atoms with Crippen LogP contribution in [-0.2, 0) is 14.2 Å². The van der Waals surface area contributed by atoms with Crippen LogP contribution in [0.15, 0.2) is 4.99 Å². The molecule has 1 rings (SSSR count). The molecule has 0 spiro atoms. The van der Waals surface area contributed by atoms with E-state index in [-0.39, 0.29) is 24.0 Å². The second-order valence-corrected chi connectivity index (χ2v) is 5.87. The van der Waals surface area contributed by atoms with Crippen molar-refractivity contribution in [1.82, 2.24) is 10.6 Å². The van der Waals surface area contributed by atoms with Gasteiger partial charge in [-0.25, -0.2) is 0 Å². The van der Waals surface area contributed by atoms with E-state index in [9.17, 15) is 0 Å². The first-order valence-electron chi connectivity index (χ1n) is 8.99. The van der Waals surface area contributed by atoms with Crippen molar-refractivity contribution in [3.63, 3.8) is 0 Å². The first-order chi connectivity index (χ1) is 11.4. The molecule has 2 N–H and O–H groups in total. The van der Waals surface area contributed by atoms with Crippen LogP contribution in [0, 0.1) is 0 Å². The Hall–Kier alpha value is -0.120. The molecule has 0 aromatic heterocycles. The number of ether oxygens (including phenoxy) is 3. The van der Waals surface area contributed by atoms with Gasteiger partial charge >= 0.3 is 0 Å². The highest BCUT2D eigenvalue weighted by Crippen LogP contribution is 2.20. The number of nitrogens with one attached hydrogen (secondary N) is 2. The third kappa shape index (κ3) is 13.2. The first-order valence-corrected chi connectivity index (χ1v) is 8.99. The molecule has 0 radical (unpaired) electrons. The van der Waals surface area contributed by atoms with E-state index in [1.807, 2.05) is 0 Å². The van der Waals surface area contributed by atoms with Gasteiger partial charge in [-0.1, -0.05) is 19.3 Å². The van der Waals surface area contributed by atoms with E-state index in [1.54, 1.807) is 14.2 Å². The fraction of sp³-hybridized carbons (Fsp3) is 0.941. The second kappa shape index (κ2) is 17.7. The Balaban J connectivity index is 0.00000529. The zero-order valence-corrected chi connectivity index (χ0v) is 17.7. The van der Waals surface area contributed by atoms with Crippen LogP contribution in [0.3, 0.4) is 0 Å². The summed E-state index contributed by atoms with van der Waals surface area (Å²) in [4.78, 5) is 4.22. The zero-order valence-electron chi connectivity index (χ0n) is 15.3. The van der Waals surface area contributed by atoms with Crippen molar-refractivity contribution in [3.8, 4) is 0 Å². The maximum atomic E-state index is 5.92. The first kappa shape index (κ1) is 23.9. The van der Waals surface area contributed by atoms with Crippen molar-refractivity contribution < 1.29 is 14.2 Å². The summed E-state index contributed by atoms with van der Waals surface area (Å²) in [5.74, 6) is 0.847. The van der Waals surface area contributed by atoms with Crippen LogP contribution >= 0.6 is 24.0 Å². The molecule has 0 saturated heterocycles. The highest BCUT2D eigenvalue weighted by Gasteiger charge is 2.12. The van der Waals surface area contributed by atoms with Gasteiger partial charge in [0.1, 0.15) is 0 Å². The topological polar surface area (TPSA) is 64.1 Å². The summed E-state index contributed by atoms with van der Waals surface area (Å²) in [6, 6.07) is 0. The lowest BCUT2D eigenvalue weighted by atomic mass is 9.98. The molecule has 1 aliphatic rings. The predicted octanol–water partition coefficient (Wildman–Crippen LogP) is 2.56. The molecular formula is C17H36IN3O3. The SMILES string of the molecule is CN=C(NCCCOCCOC)NCCCOC1CCCCC1.I. The predicted molar refractivity (Wildman–Crippen MR) is 110 cm³/mol. The molecule has 0 bridgehead atoms. The summed E-state index contributed by atoms with van der Waals surface area (Å²) in [5, 5.41) is 6.60. The van der Waals surface area contributed by atoms with Crippen molar-refractivity contribution in [2.24, 2.45) is 4.99 Å². The van der Waals surface area contributed by atoms with Crippen LogP contribution in [-0.4, -0.2) is 65.7 Å². The smallest absolute Gasteiger partial charge is 0.190 e. The van der Waals surface area contributed by atoms with E-state index in [0.29, 0.717) is 19.3 Å². The zero-order chi connectivity index (χ0) is 16.6. The molecule has 0 aromatic rings. The van der Waals surface area contributed by atoms with Gasteiger partial charge in [0.2, 0.25) is 0 Å². The number of hydrogen-bond donors (Lipinski definition) is 2. The Kier molecular flexibility index (Phi) is 17.6. The number of hydrogen-bond acceptors (Lipinski definition) is 4. The van der Waals surface area contributed by atoms with Gasteiger partial charge < -0.3 is 24.8 Å². The second-order valence-electron chi connectivity index (χ2n) is 5.87. The Labute approximate surface area is 164 Å². The van der Waals surface area contributed by atoms with E-state index in [0.717, 1.165) is 45.1 Å². The van der Waals surface area contributed by atoms with Gasteiger partial charge in [0.25, 0.3) is 0 Å². The lowest BCUT2D eigenvalue weighted by molar-refractivity contribution is 0.0277. The normalized spacial score (nSPS) is 15.8. The third-order valence-corrected chi connectivity index (χ3v) is 3.93. The van der Waals surface area contributed by atoms with Gasteiger partial charge in [-0.05, 0) is 25.7 Å². The standard InChI is InChI=1S/C17H35N3O3.HI/c1-18-17(19-10-6-12-22-15-14-21-2)20-11-7-13-23-16-8-4-3-5-9-16;/h16H,3-15H2,1-2H3,(H2,18,19,20);1H. The molecule has 0 unspecified atom stereocenters. The van der Waals surface area contributed by atoms with Gasteiger partial charge in [0.15, 0.2) is 5.96 Å². The Morgan fingerprint density at radius 3 is 2.25 bits per heavy atom. The maximum absolute atomic E-state index is 5.92. The van der Waals surface area contributed by atoms with Gasteiger partial charge in [-0.15, -0.1) is 24.0 Å². The average molecular weight is 457 g/mol. The molecule has 0 heterocycles. The summed E-state index contributed by atoms with van der Waals surface area (Å²) >= 11 is 0. The average Bonchev–Trinajstić information content (AvgIpc) is 2.59. The minimum atomic E-state index is 0. The van der Waals surface area contributed by atoms with Crippen molar-refractivity contribution in [2.45, 2.75) is 51.0 Å². The van der Waals surface area contributed by atoms with Gasteiger partial charge in [0.05, 0.1) is 19.3 Å². The van der Waals surface area contributed by atoms with Crippen LogP contribution < -0.4 is 10.6 Å². The Morgan fingerprint density at radius 2 is 1.62 bits per heavy atom. The molecule has 7 heteroatoms. The van der Waals surface area contributed by atoms with Crippen molar-refractivity contribution in [3.05, 3.63) is 0 Å². The van der Waals surface area contributed by atoms with Crippen molar-refractivity contribution >= 4 is 29.9 Å². The third-order valence-electron chi connectivity index (χ3n) is 3.93. The molecule has 0 aromatic carbocycles. The molecule has 144 valence electrons. The summed E-state index contributed by atoms with van der Waals surface area (Å²) in [5.41, 5.74) is 0. The Morgan fingerprint density at radius 1 is 0.958 bits per heavy atom. The van der Waals surface area contributed by atoms with E-state index in [1.165, 1.54) is 32.1 Å². The molecule has 0 atom stereocenters. The Bertz CT molecular complexity index is 301. The number of methoxy groups -OCH3 is 1. The quantitative estimate of drug-likeness (QED) is 0.204. The van der Waals surface area contributed by atoms with Crippen LogP contribution in [0.25, 0.3) is 0 Å². The number of guanidine groups is 1. The van der Waals surface area contributed by atoms with E-state index < -0.39 is 0 Å². The highest BCUT2D eigenvalue weighted by atomic mass is 127. The number of nitrogens with zero attached hydrogens (tertiary/aromatic N) is 1. The van der Waals surface area contributed by atoms with E-state index >= 15 is 0 Å². The number of aliphatic imine (C=N–C) groups is 1. The van der Waals surface area contributed by atoms with Crippen LogP contribution in [0.1, 0.15) is 44.9 Å². The minimum absolute atomic E-state index is 0. The molecule has 0 amide bonds. The number of halogens is 1. The molecule has 1 fully saturated rings. The van der Waals surface area contributed by atoms with Crippen molar-refractivity contribution in [2.75, 3.05) is 53.7 Å². The molecule has 24 heavy (non-hydrogen) atoms. The van der Waals surface area contributed by atoms with Gasteiger partial charge in [0, 0.05) is 40.5 Å². The molecule has 1 saturated carbocycles. The summed E-state index contributed by atoms with van der Waals surface area (Å²) in [6.07, 6.45) is 8.97. The lowest BCUT2D eigenvalue weighted by Crippen LogP contribution is -2.38. The minimum Gasteiger partial charge on any atom is -0.382 e. The van der Waals surface area contributed by atoms with Crippen LogP contribution in [0.4, 0.5) is 0 Å². The summed E-state index contributed by atoms with van der Waals surface area (Å²) in [7, 11) is 3.48. The van der Waals surface area contributed by atoms with E-state index in [2.05, 4.69) is 15.6 Å². The molecule has 6 nitrogen and oxygen atoms in total. The van der Waals surface area contributed by atoms with E-state index in [4.69, 9.17) is 14.2 Å². The summed E-state index contributed by atoms with van der Waals surface area (Å²) in [6.45, 7) is 4.62. The fourth-order valence-electron chi connectivity index (χ4n) is 2.61. The maximum Gasteiger partial charge on any atom is 0.190 e. The van der Waals surface area contributed by atoms with Crippen LogP contribution in [0.5, 0.6) is 0 Å². The van der Waals surface area contributed by atoms with Gasteiger partial charge in [-0.3, -0.25) is 4.99 Å². The largest absolute Gasteiger partial charge is 0.382 e. The van der Waals surface area contributed by atoms with Crippen molar-refractivity contribution in [1.29, 1.82) is 0 Å². The van der Waals surface area contributed by atoms with Gasteiger partial charge in [-0.2, -0.15) is 0 Å². The monoisotopic (exact) mass is 457 g/mol. The number of rotatable bonds is 12. The summed E-state index contributed by atoms with van der Waals surface area (Å²) < 4.78 is 16.3. The molecular weight excluding hydrogens is 421 g/mol.